The molecule has 0 amide bonds. The molecule has 2 N–H and O–H groups in total. The molecule has 0 heterocycles. The maximum atomic E-state index is 11.9. The number of sulfonamides is 1. The number of carbonyl (C=O) groups is 1. The highest BCUT2D eigenvalue weighted by molar-refractivity contribution is 7.89. The minimum absolute atomic E-state index is 0.116. The standard InChI is InChI=1S/C10H10F3NO4S/c11-10(12,13)5-6-14-19(17,18)8-3-1-7(2-4-8)9(15)16/h1-4,14H,5-6H2,(H,15,16). The van der Waals surface area contributed by atoms with E-state index in [-0.39, 0.29) is 10.5 Å². The third-order valence-corrected chi connectivity index (χ3v) is 3.59. The first-order chi connectivity index (χ1) is 8.62. The van der Waals surface area contributed by atoms with Gasteiger partial charge in [0.1, 0.15) is 0 Å². The van der Waals surface area contributed by atoms with E-state index in [0.29, 0.717) is 0 Å². The molecule has 0 atom stereocenters. The molecule has 106 valence electrons. The Bertz CT molecular complexity index is 551. The Morgan fingerprint density at radius 3 is 2.16 bits per heavy atom. The lowest BCUT2D eigenvalue weighted by Crippen LogP contribution is -2.28. The molecular formula is C10H10F3NO4S. The van der Waals surface area contributed by atoms with Crippen molar-refractivity contribution in [2.24, 2.45) is 0 Å². The zero-order valence-corrected chi connectivity index (χ0v) is 10.3. The molecule has 0 unspecified atom stereocenters. The molecule has 0 radical (unpaired) electrons. The number of benzene rings is 1. The van der Waals surface area contributed by atoms with Crippen molar-refractivity contribution in [3.8, 4) is 0 Å². The molecule has 0 aromatic heterocycles. The Morgan fingerprint density at radius 1 is 1.21 bits per heavy atom. The normalized spacial score (nSPS) is 12.4. The van der Waals surface area contributed by atoms with Gasteiger partial charge in [0.15, 0.2) is 0 Å². The molecule has 0 saturated carbocycles. The van der Waals surface area contributed by atoms with Crippen LogP contribution in [0.15, 0.2) is 29.2 Å². The number of alkyl halides is 3. The van der Waals surface area contributed by atoms with Gasteiger partial charge in [-0.05, 0) is 24.3 Å². The Labute approximate surface area is 107 Å². The number of carboxylic acids is 1. The van der Waals surface area contributed by atoms with Gasteiger partial charge < -0.3 is 5.11 Å². The van der Waals surface area contributed by atoms with E-state index in [4.69, 9.17) is 5.11 Å². The lowest BCUT2D eigenvalue weighted by Gasteiger charge is -2.08. The quantitative estimate of drug-likeness (QED) is 0.865. The summed E-state index contributed by atoms with van der Waals surface area (Å²) in [4.78, 5) is 10.3. The van der Waals surface area contributed by atoms with E-state index in [1.165, 1.54) is 0 Å². The molecule has 19 heavy (non-hydrogen) atoms. The number of halogens is 3. The second kappa shape index (κ2) is 5.57. The van der Waals surface area contributed by atoms with Gasteiger partial charge in [0.05, 0.1) is 16.9 Å². The van der Waals surface area contributed by atoms with E-state index in [9.17, 15) is 26.4 Å². The van der Waals surface area contributed by atoms with Crippen LogP contribution in [0.1, 0.15) is 16.8 Å². The number of rotatable bonds is 5. The molecule has 9 heteroatoms. The molecule has 1 rings (SSSR count). The van der Waals surface area contributed by atoms with Gasteiger partial charge in [0, 0.05) is 6.54 Å². The lowest BCUT2D eigenvalue weighted by molar-refractivity contribution is -0.132. The van der Waals surface area contributed by atoms with E-state index in [2.05, 4.69) is 0 Å². The number of carboxylic acid groups (broad SMARTS) is 1. The van der Waals surface area contributed by atoms with Crippen LogP contribution in [0, 0.1) is 0 Å². The van der Waals surface area contributed by atoms with Crippen molar-refractivity contribution in [1.82, 2.24) is 4.72 Å². The van der Waals surface area contributed by atoms with Crippen LogP contribution in [0.25, 0.3) is 0 Å². The smallest absolute Gasteiger partial charge is 0.390 e. The van der Waals surface area contributed by atoms with Gasteiger partial charge in [0.2, 0.25) is 10.0 Å². The summed E-state index contributed by atoms with van der Waals surface area (Å²) in [7, 11) is -4.07. The molecule has 1 aromatic rings. The summed E-state index contributed by atoms with van der Waals surface area (Å²) in [5, 5.41) is 8.62. The SMILES string of the molecule is O=C(O)c1ccc(S(=O)(=O)NCCC(F)(F)F)cc1. The van der Waals surface area contributed by atoms with E-state index < -0.39 is 35.1 Å². The molecule has 5 nitrogen and oxygen atoms in total. The van der Waals surface area contributed by atoms with Gasteiger partial charge in [-0.3, -0.25) is 0 Å². The van der Waals surface area contributed by atoms with Crippen LogP contribution in [-0.2, 0) is 10.0 Å². The molecule has 0 fully saturated rings. The fourth-order valence-corrected chi connectivity index (χ4v) is 2.22. The Hall–Kier alpha value is -1.61. The monoisotopic (exact) mass is 297 g/mol. The van der Waals surface area contributed by atoms with Crippen LogP contribution in [0.4, 0.5) is 13.2 Å². The third-order valence-electron chi connectivity index (χ3n) is 2.11. The average Bonchev–Trinajstić information content (AvgIpc) is 2.27. The number of nitrogens with one attached hydrogen (secondary N) is 1. The number of aromatic carboxylic acids is 1. The van der Waals surface area contributed by atoms with Crippen LogP contribution in [-0.4, -0.2) is 32.2 Å². The Kier molecular flexibility index (Phi) is 4.53. The topological polar surface area (TPSA) is 83.5 Å². The van der Waals surface area contributed by atoms with Crippen molar-refractivity contribution in [3.63, 3.8) is 0 Å². The average molecular weight is 297 g/mol. The first-order valence-electron chi connectivity index (χ1n) is 5.01. The van der Waals surface area contributed by atoms with Crippen LogP contribution in [0.3, 0.4) is 0 Å². The maximum absolute atomic E-state index is 11.9. The van der Waals surface area contributed by atoms with Gasteiger partial charge in [-0.1, -0.05) is 0 Å². The van der Waals surface area contributed by atoms with Gasteiger partial charge in [-0.25, -0.2) is 17.9 Å². The van der Waals surface area contributed by atoms with E-state index in [1.807, 2.05) is 0 Å². The molecule has 0 aliphatic rings. The highest BCUT2D eigenvalue weighted by Crippen LogP contribution is 2.19. The van der Waals surface area contributed by atoms with E-state index in [1.54, 1.807) is 4.72 Å². The predicted molar refractivity (Wildman–Crippen MR) is 59.3 cm³/mol. The first kappa shape index (κ1) is 15.4. The summed E-state index contributed by atoms with van der Waals surface area (Å²) < 4.78 is 60.6. The van der Waals surface area contributed by atoms with Gasteiger partial charge >= 0.3 is 12.1 Å². The van der Waals surface area contributed by atoms with Crippen molar-refractivity contribution >= 4 is 16.0 Å². The largest absolute Gasteiger partial charge is 0.478 e. The molecular weight excluding hydrogens is 287 g/mol. The molecule has 0 aliphatic carbocycles. The summed E-state index contributed by atoms with van der Waals surface area (Å²) in [5.74, 6) is -1.23. The molecule has 0 spiro atoms. The third kappa shape index (κ3) is 4.87. The van der Waals surface area contributed by atoms with E-state index in [0.717, 1.165) is 24.3 Å². The van der Waals surface area contributed by atoms with Crippen molar-refractivity contribution in [2.45, 2.75) is 17.5 Å². The van der Waals surface area contributed by atoms with Crippen molar-refractivity contribution in [3.05, 3.63) is 29.8 Å². The molecule has 0 bridgehead atoms. The first-order valence-corrected chi connectivity index (χ1v) is 6.50. The minimum atomic E-state index is -4.45. The molecule has 0 saturated heterocycles. The number of hydrogen-bond donors (Lipinski definition) is 2. The highest BCUT2D eigenvalue weighted by atomic mass is 32.2. The van der Waals surface area contributed by atoms with Crippen molar-refractivity contribution < 1.29 is 31.5 Å². The molecule has 0 aliphatic heterocycles. The van der Waals surface area contributed by atoms with Crippen LogP contribution in [0.5, 0.6) is 0 Å². The fourth-order valence-electron chi connectivity index (χ4n) is 1.19. The maximum Gasteiger partial charge on any atom is 0.390 e. The van der Waals surface area contributed by atoms with Gasteiger partial charge in [0.25, 0.3) is 0 Å². The summed E-state index contributed by atoms with van der Waals surface area (Å²) in [6.07, 6.45) is -5.73. The fraction of sp³-hybridized carbons (Fsp3) is 0.300. The van der Waals surface area contributed by atoms with Crippen LogP contribution >= 0.6 is 0 Å². The summed E-state index contributed by atoms with van der Waals surface area (Å²) in [5.41, 5.74) is -0.116. The van der Waals surface area contributed by atoms with Crippen LogP contribution < -0.4 is 4.72 Å². The van der Waals surface area contributed by atoms with Gasteiger partial charge in [-0.2, -0.15) is 13.2 Å². The molecule has 1 aromatic carbocycles. The highest BCUT2D eigenvalue weighted by Gasteiger charge is 2.27. The zero-order chi connectivity index (χ0) is 14.7. The summed E-state index contributed by atoms with van der Waals surface area (Å²) in [6, 6.07) is 4.14. The number of hydrogen-bond acceptors (Lipinski definition) is 3. The second-order valence-corrected chi connectivity index (χ2v) is 5.36. The summed E-state index contributed by atoms with van der Waals surface area (Å²) >= 11 is 0. The predicted octanol–water partition coefficient (Wildman–Crippen LogP) is 1.62. The van der Waals surface area contributed by atoms with E-state index >= 15 is 0 Å². The lowest BCUT2D eigenvalue weighted by atomic mass is 10.2. The van der Waals surface area contributed by atoms with Gasteiger partial charge in [-0.15, -0.1) is 0 Å². The zero-order valence-electron chi connectivity index (χ0n) is 9.44. The Morgan fingerprint density at radius 2 is 1.74 bits per heavy atom. The second-order valence-electron chi connectivity index (χ2n) is 3.59. The van der Waals surface area contributed by atoms with Crippen molar-refractivity contribution in [2.75, 3.05) is 6.54 Å². The van der Waals surface area contributed by atoms with Crippen LogP contribution in [0.2, 0.25) is 0 Å². The van der Waals surface area contributed by atoms with Crippen molar-refractivity contribution in [1.29, 1.82) is 0 Å². The minimum Gasteiger partial charge on any atom is -0.478 e. The Balaban J connectivity index is 2.75. The summed E-state index contributed by atoms with van der Waals surface area (Å²) in [6.45, 7) is -0.771.